The van der Waals surface area contributed by atoms with Gasteiger partial charge in [-0.25, -0.2) is 4.79 Å². The van der Waals surface area contributed by atoms with E-state index in [2.05, 4.69) is 0 Å². The maximum atomic E-state index is 12.4. The first kappa shape index (κ1) is 16.7. The summed E-state index contributed by atoms with van der Waals surface area (Å²) in [6, 6.07) is 7.06. The number of carbonyl (C=O) groups excluding carboxylic acids is 3. The Labute approximate surface area is 134 Å². The van der Waals surface area contributed by atoms with Crippen molar-refractivity contribution in [2.45, 2.75) is 27.2 Å². The molecule has 6 heteroatoms. The lowest BCUT2D eigenvalue weighted by Crippen LogP contribution is -2.19. The van der Waals surface area contributed by atoms with Crippen LogP contribution in [-0.4, -0.2) is 35.6 Å². The lowest BCUT2D eigenvalue weighted by Gasteiger charge is -2.08. The molecule has 0 aliphatic carbocycles. The summed E-state index contributed by atoms with van der Waals surface area (Å²) in [5, 5.41) is 0.666. The molecule has 6 nitrogen and oxygen atoms in total. The first-order valence-corrected chi connectivity index (χ1v) is 7.47. The Bertz CT molecular complexity index is 760. The van der Waals surface area contributed by atoms with Crippen molar-refractivity contribution in [1.29, 1.82) is 0 Å². The van der Waals surface area contributed by atoms with Crippen LogP contribution in [0, 0.1) is 0 Å². The Morgan fingerprint density at radius 1 is 1.04 bits per heavy atom. The van der Waals surface area contributed by atoms with Gasteiger partial charge in [-0.15, -0.1) is 0 Å². The Kier molecular flexibility index (Phi) is 5.16. The highest BCUT2D eigenvalue weighted by atomic mass is 16.5. The second kappa shape index (κ2) is 7.09. The van der Waals surface area contributed by atoms with Crippen LogP contribution in [0.5, 0.6) is 0 Å². The monoisotopic (exact) mass is 317 g/mol. The normalized spacial score (nSPS) is 10.6. The number of rotatable bonds is 5. The Hall–Kier alpha value is -2.63. The molecule has 0 amide bonds. The summed E-state index contributed by atoms with van der Waals surface area (Å²) in [5.41, 5.74) is 1.11. The number of hydrogen-bond donors (Lipinski definition) is 0. The van der Waals surface area contributed by atoms with Crippen molar-refractivity contribution >= 4 is 28.7 Å². The number of hydrogen-bond acceptors (Lipinski definition) is 5. The summed E-state index contributed by atoms with van der Waals surface area (Å²) in [6.45, 7) is 5.19. The molecule has 0 saturated carbocycles. The van der Waals surface area contributed by atoms with E-state index in [1.165, 1.54) is 11.5 Å². The van der Waals surface area contributed by atoms with E-state index in [-0.39, 0.29) is 31.2 Å². The van der Waals surface area contributed by atoms with Gasteiger partial charge in [0.25, 0.3) is 0 Å². The molecule has 122 valence electrons. The van der Waals surface area contributed by atoms with Gasteiger partial charge in [0.15, 0.2) is 0 Å². The first-order chi connectivity index (χ1) is 11.0. The lowest BCUT2D eigenvalue weighted by molar-refractivity contribution is -0.142. The van der Waals surface area contributed by atoms with Crippen LogP contribution in [0.2, 0.25) is 0 Å². The predicted molar refractivity (Wildman–Crippen MR) is 84.5 cm³/mol. The van der Waals surface area contributed by atoms with Crippen molar-refractivity contribution < 1.29 is 23.9 Å². The molecule has 1 heterocycles. The topological polar surface area (TPSA) is 74.6 Å². The standard InChI is InChI=1S/C17H19NO5/c1-4-22-15(20)10-13-12-8-6-7-9-14(12)18(11(3)19)16(13)17(21)23-5-2/h6-9H,4-5,10H2,1-3H3. The SMILES string of the molecule is CCOC(=O)Cc1c(C(=O)OCC)n(C(C)=O)c2ccccc12. The fourth-order valence-corrected chi connectivity index (χ4v) is 2.58. The molecule has 0 spiro atoms. The number of fused-ring (bicyclic) bond motifs is 1. The quantitative estimate of drug-likeness (QED) is 0.792. The maximum absolute atomic E-state index is 12.4. The van der Waals surface area contributed by atoms with Crippen LogP contribution in [0.15, 0.2) is 24.3 Å². The van der Waals surface area contributed by atoms with E-state index in [9.17, 15) is 14.4 Å². The molecule has 0 saturated heterocycles. The predicted octanol–water partition coefficient (Wildman–Crippen LogP) is 2.58. The van der Waals surface area contributed by atoms with Crippen LogP contribution in [0.25, 0.3) is 10.9 Å². The van der Waals surface area contributed by atoms with Crippen LogP contribution < -0.4 is 0 Å². The lowest BCUT2D eigenvalue weighted by atomic mass is 10.1. The van der Waals surface area contributed by atoms with Gasteiger partial charge in [0.05, 0.1) is 25.2 Å². The van der Waals surface area contributed by atoms with Crippen molar-refractivity contribution in [2.75, 3.05) is 13.2 Å². The highest BCUT2D eigenvalue weighted by molar-refractivity contribution is 6.06. The number of benzene rings is 1. The zero-order valence-electron chi connectivity index (χ0n) is 13.4. The minimum Gasteiger partial charge on any atom is -0.466 e. The highest BCUT2D eigenvalue weighted by Crippen LogP contribution is 2.28. The van der Waals surface area contributed by atoms with Gasteiger partial charge in [-0.3, -0.25) is 14.2 Å². The summed E-state index contributed by atoms with van der Waals surface area (Å²) in [5.74, 6) is -1.40. The molecule has 0 aliphatic heterocycles. The average molecular weight is 317 g/mol. The molecule has 1 aromatic carbocycles. The number of carbonyl (C=O) groups is 3. The number of esters is 2. The largest absolute Gasteiger partial charge is 0.466 e. The second-order valence-electron chi connectivity index (χ2n) is 4.90. The molecule has 0 radical (unpaired) electrons. The van der Waals surface area contributed by atoms with Crippen LogP contribution in [0.1, 0.15) is 41.6 Å². The van der Waals surface area contributed by atoms with Crippen LogP contribution >= 0.6 is 0 Å². The summed E-state index contributed by atoms with van der Waals surface area (Å²) >= 11 is 0. The van der Waals surface area contributed by atoms with Crippen molar-refractivity contribution in [3.05, 3.63) is 35.5 Å². The van der Waals surface area contributed by atoms with E-state index < -0.39 is 11.9 Å². The van der Waals surface area contributed by atoms with Crippen molar-refractivity contribution in [1.82, 2.24) is 4.57 Å². The summed E-state index contributed by atoms with van der Waals surface area (Å²) in [6.07, 6.45) is -0.0945. The molecule has 0 fully saturated rings. The molecule has 1 aromatic heterocycles. The Balaban J connectivity index is 2.70. The molecular weight excluding hydrogens is 298 g/mol. The number of nitrogens with zero attached hydrogens (tertiary/aromatic N) is 1. The van der Waals surface area contributed by atoms with Gasteiger partial charge in [-0.1, -0.05) is 18.2 Å². The molecule has 0 N–H and O–H groups in total. The third-order valence-electron chi connectivity index (χ3n) is 3.39. The van der Waals surface area contributed by atoms with Crippen LogP contribution in [0.4, 0.5) is 0 Å². The molecule has 2 rings (SSSR count). The fraction of sp³-hybridized carbons (Fsp3) is 0.353. The van der Waals surface area contributed by atoms with Crippen molar-refractivity contribution in [2.24, 2.45) is 0 Å². The van der Waals surface area contributed by atoms with E-state index in [1.54, 1.807) is 38.1 Å². The van der Waals surface area contributed by atoms with E-state index in [0.29, 0.717) is 16.5 Å². The number of ether oxygens (including phenoxy) is 2. The smallest absolute Gasteiger partial charge is 0.355 e. The van der Waals surface area contributed by atoms with Gasteiger partial charge in [0, 0.05) is 17.9 Å². The minimum absolute atomic E-state index is 0.0913. The van der Waals surface area contributed by atoms with Gasteiger partial charge in [0.2, 0.25) is 5.91 Å². The molecule has 0 unspecified atom stereocenters. The minimum atomic E-state index is -0.627. The molecule has 0 atom stereocenters. The van der Waals surface area contributed by atoms with Gasteiger partial charge in [-0.2, -0.15) is 0 Å². The zero-order valence-corrected chi connectivity index (χ0v) is 13.4. The molecule has 23 heavy (non-hydrogen) atoms. The highest BCUT2D eigenvalue weighted by Gasteiger charge is 2.27. The van der Waals surface area contributed by atoms with E-state index in [1.807, 2.05) is 0 Å². The molecule has 0 bridgehead atoms. The molecule has 2 aromatic rings. The second-order valence-corrected chi connectivity index (χ2v) is 4.90. The Morgan fingerprint density at radius 3 is 2.30 bits per heavy atom. The van der Waals surface area contributed by atoms with Gasteiger partial charge in [0.1, 0.15) is 5.69 Å². The third-order valence-corrected chi connectivity index (χ3v) is 3.39. The van der Waals surface area contributed by atoms with Gasteiger partial charge < -0.3 is 9.47 Å². The third kappa shape index (κ3) is 3.26. The van der Waals surface area contributed by atoms with Crippen molar-refractivity contribution in [3.63, 3.8) is 0 Å². The van der Waals surface area contributed by atoms with E-state index >= 15 is 0 Å². The zero-order chi connectivity index (χ0) is 17.0. The van der Waals surface area contributed by atoms with Crippen LogP contribution in [0.3, 0.4) is 0 Å². The van der Waals surface area contributed by atoms with Crippen LogP contribution in [-0.2, 0) is 20.7 Å². The molecular formula is C17H19NO5. The van der Waals surface area contributed by atoms with Gasteiger partial charge >= 0.3 is 11.9 Å². The molecule has 0 aliphatic rings. The van der Waals surface area contributed by atoms with E-state index in [4.69, 9.17) is 9.47 Å². The summed E-state index contributed by atoms with van der Waals surface area (Å²) < 4.78 is 11.3. The summed E-state index contributed by atoms with van der Waals surface area (Å²) in [4.78, 5) is 36.3. The summed E-state index contributed by atoms with van der Waals surface area (Å²) in [7, 11) is 0. The van der Waals surface area contributed by atoms with E-state index in [0.717, 1.165) is 0 Å². The Morgan fingerprint density at radius 2 is 1.70 bits per heavy atom. The fourth-order valence-electron chi connectivity index (χ4n) is 2.58. The number of aromatic nitrogens is 1. The van der Waals surface area contributed by atoms with Crippen molar-refractivity contribution in [3.8, 4) is 0 Å². The number of para-hydroxylation sites is 1. The van der Waals surface area contributed by atoms with Gasteiger partial charge in [-0.05, 0) is 19.9 Å². The average Bonchev–Trinajstić information content (AvgIpc) is 2.82. The first-order valence-electron chi connectivity index (χ1n) is 7.47. The maximum Gasteiger partial charge on any atom is 0.355 e.